The van der Waals surface area contributed by atoms with Gasteiger partial charge in [0.05, 0.1) is 19.9 Å². The first-order valence-corrected chi connectivity index (χ1v) is 9.91. The number of nitrogens with zero attached hydrogens (tertiary/aromatic N) is 4. The molecule has 0 unspecified atom stereocenters. The summed E-state index contributed by atoms with van der Waals surface area (Å²) in [6.45, 7) is 7.56. The number of likely N-dealkylation sites (tertiary alicyclic amines) is 1. The van der Waals surface area contributed by atoms with E-state index < -0.39 is 0 Å². The number of aromatic nitrogens is 2. The van der Waals surface area contributed by atoms with Gasteiger partial charge in [-0.15, -0.1) is 0 Å². The molecule has 0 saturated carbocycles. The van der Waals surface area contributed by atoms with Crippen LogP contribution in [-0.4, -0.2) is 60.0 Å². The second-order valence-electron chi connectivity index (χ2n) is 7.77. The zero-order valence-electron chi connectivity index (χ0n) is 16.4. The Balaban J connectivity index is 1.52. The second-order valence-corrected chi connectivity index (χ2v) is 7.77. The first kappa shape index (κ1) is 18.3. The number of hydrogen-bond donors (Lipinski definition) is 0. The van der Waals surface area contributed by atoms with Crippen molar-refractivity contribution in [3.63, 3.8) is 0 Å². The van der Waals surface area contributed by atoms with Gasteiger partial charge in [-0.25, -0.2) is 0 Å². The molecule has 1 fully saturated rings. The monoisotopic (exact) mass is 370 g/mol. The predicted molar refractivity (Wildman–Crippen MR) is 105 cm³/mol. The van der Waals surface area contributed by atoms with Crippen molar-refractivity contribution < 1.29 is 9.47 Å². The number of methoxy groups -OCH3 is 2. The molecule has 0 spiro atoms. The average Bonchev–Trinajstić information content (AvgIpc) is 3.31. The lowest BCUT2D eigenvalue weighted by Gasteiger charge is -2.27. The van der Waals surface area contributed by atoms with E-state index in [2.05, 4.69) is 37.8 Å². The molecule has 1 atom stereocenters. The van der Waals surface area contributed by atoms with Crippen LogP contribution in [0.5, 0.6) is 11.5 Å². The summed E-state index contributed by atoms with van der Waals surface area (Å²) >= 11 is 0. The van der Waals surface area contributed by atoms with E-state index in [1.165, 1.54) is 37.2 Å². The maximum atomic E-state index is 5.45. The lowest BCUT2D eigenvalue weighted by atomic mass is 10.1. The molecule has 1 aromatic heterocycles. The van der Waals surface area contributed by atoms with Crippen LogP contribution in [0.25, 0.3) is 0 Å². The standard InChI is InChI=1S/C21H30N4O2/c1-26-20-9-17(10-21(11-20)27-2)12-24-14-18(13-23-7-3-4-8-23)15-25-19(16-24)5-6-22-25/h5-6,9-11,18H,3-4,7-8,12-16H2,1-2H3/t18-/m0/s1. The number of fused-ring (bicyclic) bond motifs is 1. The van der Waals surface area contributed by atoms with Gasteiger partial charge in [0.25, 0.3) is 0 Å². The van der Waals surface area contributed by atoms with E-state index in [4.69, 9.17) is 9.47 Å². The fraction of sp³-hybridized carbons (Fsp3) is 0.571. The Bertz CT molecular complexity index is 732. The van der Waals surface area contributed by atoms with Crippen LogP contribution >= 0.6 is 0 Å². The zero-order chi connectivity index (χ0) is 18.6. The Labute approximate surface area is 161 Å². The average molecular weight is 370 g/mol. The smallest absolute Gasteiger partial charge is 0.122 e. The molecule has 0 aliphatic carbocycles. The largest absolute Gasteiger partial charge is 0.497 e. The van der Waals surface area contributed by atoms with Gasteiger partial charge in [-0.1, -0.05) is 0 Å². The summed E-state index contributed by atoms with van der Waals surface area (Å²) in [5.74, 6) is 2.28. The molecule has 2 aliphatic rings. The summed E-state index contributed by atoms with van der Waals surface area (Å²) < 4.78 is 13.1. The maximum absolute atomic E-state index is 5.45. The Morgan fingerprint density at radius 1 is 1.00 bits per heavy atom. The molecule has 4 rings (SSSR count). The molecule has 146 valence electrons. The van der Waals surface area contributed by atoms with Crippen LogP contribution in [-0.2, 0) is 19.6 Å². The quantitative estimate of drug-likeness (QED) is 0.782. The van der Waals surface area contributed by atoms with Gasteiger partial charge < -0.3 is 14.4 Å². The van der Waals surface area contributed by atoms with Gasteiger partial charge in [0, 0.05) is 50.9 Å². The molecule has 0 radical (unpaired) electrons. The third kappa shape index (κ3) is 4.45. The van der Waals surface area contributed by atoms with Gasteiger partial charge >= 0.3 is 0 Å². The molecule has 6 heteroatoms. The van der Waals surface area contributed by atoms with Crippen molar-refractivity contribution in [2.24, 2.45) is 5.92 Å². The molecule has 2 aliphatic heterocycles. The normalized spacial score (nSPS) is 21.0. The van der Waals surface area contributed by atoms with Crippen LogP contribution in [0.15, 0.2) is 30.5 Å². The Morgan fingerprint density at radius 3 is 2.44 bits per heavy atom. The van der Waals surface area contributed by atoms with E-state index in [0.717, 1.165) is 44.2 Å². The lowest BCUT2D eigenvalue weighted by Crippen LogP contribution is -2.35. The highest BCUT2D eigenvalue weighted by Crippen LogP contribution is 2.25. The summed E-state index contributed by atoms with van der Waals surface area (Å²) in [6, 6.07) is 8.30. The molecule has 6 nitrogen and oxygen atoms in total. The van der Waals surface area contributed by atoms with E-state index in [0.29, 0.717) is 5.92 Å². The topological polar surface area (TPSA) is 42.8 Å². The highest BCUT2D eigenvalue weighted by atomic mass is 16.5. The van der Waals surface area contributed by atoms with E-state index in [1.807, 2.05) is 12.3 Å². The van der Waals surface area contributed by atoms with Crippen LogP contribution in [0, 0.1) is 5.92 Å². The minimum absolute atomic E-state index is 0.594. The van der Waals surface area contributed by atoms with Crippen LogP contribution in [0.2, 0.25) is 0 Å². The molecule has 0 amide bonds. The highest BCUT2D eigenvalue weighted by molar-refractivity contribution is 5.38. The molecule has 3 heterocycles. The number of ether oxygens (including phenoxy) is 2. The van der Waals surface area contributed by atoms with Gasteiger partial charge in [0.15, 0.2) is 0 Å². The molecule has 0 bridgehead atoms. The first-order valence-electron chi connectivity index (χ1n) is 9.91. The fourth-order valence-electron chi connectivity index (χ4n) is 4.40. The number of hydrogen-bond acceptors (Lipinski definition) is 5. The predicted octanol–water partition coefficient (Wildman–Crippen LogP) is 2.63. The van der Waals surface area contributed by atoms with Gasteiger partial charge in [0.1, 0.15) is 11.5 Å². The summed E-state index contributed by atoms with van der Waals surface area (Å²) in [5.41, 5.74) is 2.52. The maximum Gasteiger partial charge on any atom is 0.122 e. The van der Waals surface area contributed by atoms with Crippen LogP contribution in [0.3, 0.4) is 0 Å². The highest BCUT2D eigenvalue weighted by Gasteiger charge is 2.25. The van der Waals surface area contributed by atoms with Crippen molar-refractivity contribution >= 4 is 0 Å². The van der Waals surface area contributed by atoms with Crippen molar-refractivity contribution in [2.45, 2.75) is 32.5 Å². The van der Waals surface area contributed by atoms with E-state index >= 15 is 0 Å². The Morgan fingerprint density at radius 2 is 1.74 bits per heavy atom. The van der Waals surface area contributed by atoms with Crippen LogP contribution < -0.4 is 9.47 Å². The fourth-order valence-corrected chi connectivity index (χ4v) is 4.40. The number of rotatable bonds is 6. The molecule has 1 aromatic carbocycles. The summed E-state index contributed by atoms with van der Waals surface area (Å²) in [7, 11) is 3.41. The van der Waals surface area contributed by atoms with E-state index in [1.54, 1.807) is 14.2 Å². The molecular formula is C21H30N4O2. The van der Waals surface area contributed by atoms with Crippen LogP contribution in [0.4, 0.5) is 0 Å². The summed E-state index contributed by atoms with van der Waals surface area (Å²) in [5, 5.41) is 4.57. The van der Waals surface area contributed by atoms with E-state index in [-0.39, 0.29) is 0 Å². The van der Waals surface area contributed by atoms with Crippen molar-refractivity contribution in [1.29, 1.82) is 0 Å². The van der Waals surface area contributed by atoms with E-state index in [9.17, 15) is 0 Å². The SMILES string of the molecule is COc1cc(CN2Cc3ccnn3C[C@@H](CN3CCCC3)C2)cc(OC)c1. The van der Waals surface area contributed by atoms with Crippen LogP contribution in [0.1, 0.15) is 24.1 Å². The lowest BCUT2D eigenvalue weighted by molar-refractivity contribution is 0.182. The summed E-state index contributed by atoms with van der Waals surface area (Å²) in [6.07, 6.45) is 4.61. The van der Waals surface area contributed by atoms with Gasteiger partial charge in [0.2, 0.25) is 0 Å². The van der Waals surface area contributed by atoms with Crippen molar-refractivity contribution in [2.75, 3.05) is 40.4 Å². The molecular weight excluding hydrogens is 340 g/mol. The third-order valence-corrected chi connectivity index (χ3v) is 5.67. The molecule has 2 aromatic rings. The minimum atomic E-state index is 0.594. The molecule has 1 saturated heterocycles. The molecule has 27 heavy (non-hydrogen) atoms. The molecule has 0 N–H and O–H groups in total. The number of benzene rings is 1. The van der Waals surface area contributed by atoms with Gasteiger partial charge in [-0.2, -0.15) is 5.10 Å². The van der Waals surface area contributed by atoms with Crippen molar-refractivity contribution in [3.05, 3.63) is 41.7 Å². The minimum Gasteiger partial charge on any atom is -0.497 e. The zero-order valence-corrected chi connectivity index (χ0v) is 16.4. The Hall–Kier alpha value is -2.05. The van der Waals surface area contributed by atoms with Crippen molar-refractivity contribution in [1.82, 2.24) is 19.6 Å². The van der Waals surface area contributed by atoms with Gasteiger partial charge in [-0.3, -0.25) is 9.58 Å². The van der Waals surface area contributed by atoms with Gasteiger partial charge in [-0.05, 0) is 49.7 Å². The Kier molecular flexibility index (Phi) is 5.64. The second kappa shape index (κ2) is 8.31. The third-order valence-electron chi connectivity index (χ3n) is 5.67. The first-order chi connectivity index (χ1) is 13.2. The summed E-state index contributed by atoms with van der Waals surface area (Å²) in [4.78, 5) is 5.15. The van der Waals surface area contributed by atoms with Crippen molar-refractivity contribution in [3.8, 4) is 11.5 Å².